The number of amides is 2. The number of benzene rings is 1. The van der Waals surface area contributed by atoms with Crippen molar-refractivity contribution >= 4 is 40.8 Å². The molecule has 1 aromatic carbocycles. The van der Waals surface area contributed by atoms with Crippen LogP contribution in [0.1, 0.15) is 49.4 Å². The number of nitrogens with zero attached hydrogens (tertiary/aromatic N) is 1. The Labute approximate surface area is 193 Å². The average Bonchev–Trinajstić information content (AvgIpc) is 3.25. The molecule has 1 fully saturated rings. The molecule has 0 unspecified atom stereocenters. The van der Waals surface area contributed by atoms with E-state index in [1.54, 1.807) is 25.7 Å². The van der Waals surface area contributed by atoms with E-state index in [9.17, 15) is 28.0 Å². The zero-order valence-electron chi connectivity index (χ0n) is 18.6. The fourth-order valence-electron chi connectivity index (χ4n) is 3.84. The van der Waals surface area contributed by atoms with Gasteiger partial charge in [-0.2, -0.15) is 8.78 Å². The quantitative estimate of drug-likeness (QED) is 0.463. The fourth-order valence-corrected chi connectivity index (χ4v) is 5.26. The zero-order valence-corrected chi connectivity index (χ0v) is 20.3. The SMILES string of the molecule is C[C@@H]1C[C@@H](O)CN1C(=O)[C@@H](NC(=O)c1cc2cc(C(F)(F)P(=O)(O)O)ccc2s1)C(C)(C)C. The molecule has 1 saturated heterocycles. The second-order valence-corrected chi connectivity index (χ2v) is 12.2. The lowest BCUT2D eigenvalue weighted by Gasteiger charge is -2.34. The van der Waals surface area contributed by atoms with Gasteiger partial charge in [0, 0.05) is 22.8 Å². The van der Waals surface area contributed by atoms with Crippen LogP contribution in [0.3, 0.4) is 0 Å². The zero-order chi connectivity index (χ0) is 24.9. The van der Waals surface area contributed by atoms with Crippen LogP contribution in [-0.2, 0) is 15.0 Å². The van der Waals surface area contributed by atoms with Crippen LogP contribution in [0, 0.1) is 5.41 Å². The highest BCUT2D eigenvalue weighted by Crippen LogP contribution is 2.59. The Bertz CT molecular complexity index is 1130. The summed E-state index contributed by atoms with van der Waals surface area (Å²) in [6.07, 6.45) is -0.169. The predicted octanol–water partition coefficient (Wildman–Crippen LogP) is 3.25. The number of aliphatic hydroxyl groups excluding tert-OH is 1. The first kappa shape index (κ1) is 25.7. The summed E-state index contributed by atoms with van der Waals surface area (Å²) in [6.45, 7) is 7.41. The van der Waals surface area contributed by atoms with Crippen molar-refractivity contribution in [3.63, 3.8) is 0 Å². The standard InChI is InChI=1S/C21H27F2N2O6PS/c1-11-7-14(26)10-25(11)19(28)17(20(2,3)4)24-18(27)16-9-12-8-13(5-6-15(12)33-16)21(22,23)32(29,30)31/h5-6,8-9,11,14,17,26H,7,10H2,1-4H3,(H,24,27)(H2,29,30,31)/t11-,14-,17-/m1/s1. The lowest BCUT2D eigenvalue weighted by molar-refractivity contribution is -0.136. The molecule has 1 aliphatic rings. The number of aliphatic hydroxyl groups is 1. The molecular weight excluding hydrogens is 477 g/mol. The summed E-state index contributed by atoms with van der Waals surface area (Å²) < 4.78 is 39.8. The molecule has 0 saturated carbocycles. The van der Waals surface area contributed by atoms with Gasteiger partial charge < -0.3 is 25.1 Å². The van der Waals surface area contributed by atoms with Crippen molar-refractivity contribution in [3.8, 4) is 0 Å². The number of carbonyl (C=O) groups excluding carboxylic acids is 2. The molecule has 4 N–H and O–H groups in total. The minimum Gasteiger partial charge on any atom is -0.391 e. The van der Waals surface area contributed by atoms with Crippen molar-refractivity contribution in [2.45, 2.75) is 58.0 Å². The summed E-state index contributed by atoms with van der Waals surface area (Å²) in [4.78, 5) is 45.8. The maximum atomic E-state index is 14.1. The van der Waals surface area contributed by atoms with Gasteiger partial charge in [0.1, 0.15) is 6.04 Å². The highest BCUT2D eigenvalue weighted by Gasteiger charge is 2.50. The Morgan fingerprint density at radius 1 is 1.24 bits per heavy atom. The van der Waals surface area contributed by atoms with E-state index in [0.29, 0.717) is 11.1 Å². The molecule has 2 heterocycles. The number of halogens is 2. The Kier molecular flexibility index (Phi) is 6.78. The Morgan fingerprint density at radius 3 is 2.39 bits per heavy atom. The van der Waals surface area contributed by atoms with E-state index in [2.05, 4.69) is 5.32 Å². The number of hydrogen-bond donors (Lipinski definition) is 4. The van der Waals surface area contributed by atoms with Crippen LogP contribution in [-0.4, -0.2) is 56.3 Å². The summed E-state index contributed by atoms with van der Waals surface area (Å²) >= 11 is 1.01. The van der Waals surface area contributed by atoms with Crippen molar-refractivity contribution in [2.24, 2.45) is 5.41 Å². The van der Waals surface area contributed by atoms with Crippen LogP contribution in [0.4, 0.5) is 8.78 Å². The minimum absolute atomic E-state index is 0.165. The molecule has 2 aromatic rings. The van der Waals surface area contributed by atoms with E-state index < -0.39 is 42.3 Å². The van der Waals surface area contributed by atoms with Gasteiger partial charge in [0.05, 0.1) is 11.0 Å². The van der Waals surface area contributed by atoms with Crippen LogP contribution < -0.4 is 5.32 Å². The maximum Gasteiger partial charge on any atom is 0.399 e. The van der Waals surface area contributed by atoms with E-state index >= 15 is 0 Å². The number of hydrogen-bond acceptors (Lipinski definition) is 5. The Morgan fingerprint density at radius 2 is 1.88 bits per heavy atom. The molecule has 3 atom stereocenters. The van der Waals surface area contributed by atoms with Crippen molar-refractivity contribution in [2.75, 3.05) is 6.54 Å². The summed E-state index contributed by atoms with van der Waals surface area (Å²) in [5, 5.41) is 12.9. The lowest BCUT2D eigenvalue weighted by atomic mass is 9.85. The van der Waals surface area contributed by atoms with Crippen LogP contribution >= 0.6 is 18.9 Å². The van der Waals surface area contributed by atoms with Gasteiger partial charge in [-0.05, 0) is 42.3 Å². The average molecular weight is 504 g/mol. The van der Waals surface area contributed by atoms with Gasteiger partial charge in [0.15, 0.2) is 0 Å². The molecule has 0 radical (unpaired) electrons. The number of nitrogens with one attached hydrogen (secondary N) is 1. The summed E-state index contributed by atoms with van der Waals surface area (Å²) in [5.41, 5.74) is -5.85. The third kappa shape index (κ3) is 5.12. The molecule has 0 spiro atoms. The molecule has 1 aliphatic heterocycles. The second kappa shape index (κ2) is 8.70. The molecular formula is C21H27F2N2O6PS. The third-order valence-electron chi connectivity index (χ3n) is 5.68. The molecule has 3 rings (SSSR count). The first-order valence-electron chi connectivity index (χ1n) is 10.3. The number of β-amino-alcohol motifs (C(OH)–C–C–N with tert-alkyl or cyclic N) is 1. The van der Waals surface area contributed by atoms with Crippen LogP contribution in [0.25, 0.3) is 10.1 Å². The molecule has 182 valence electrons. The smallest absolute Gasteiger partial charge is 0.391 e. The maximum absolute atomic E-state index is 14.1. The van der Waals surface area contributed by atoms with E-state index in [1.165, 1.54) is 12.1 Å². The number of fused-ring (bicyclic) bond motifs is 1. The van der Waals surface area contributed by atoms with Crippen LogP contribution in [0.15, 0.2) is 24.3 Å². The molecule has 1 aromatic heterocycles. The minimum atomic E-state index is -5.72. The van der Waals surface area contributed by atoms with E-state index in [4.69, 9.17) is 9.79 Å². The first-order chi connectivity index (χ1) is 15.0. The van der Waals surface area contributed by atoms with Crippen molar-refractivity contribution in [1.29, 1.82) is 0 Å². The molecule has 33 heavy (non-hydrogen) atoms. The summed E-state index contributed by atoms with van der Waals surface area (Å²) in [6, 6.07) is 3.42. The summed E-state index contributed by atoms with van der Waals surface area (Å²) in [5.74, 6) is -0.884. The number of thiophene rings is 1. The van der Waals surface area contributed by atoms with Gasteiger partial charge in [-0.25, -0.2) is 0 Å². The molecule has 2 amide bonds. The number of rotatable bonds is 5. The van der Waals surface area contributed by atoms with Crippen LogP contribution in [0.2, 0.25) is 0 Å². The van der Waals surface area contributed by atoms with E-state index in [0.717, 1.165) is 23.5 Å². The van der Waals surface area contributed by atoms with Gasteiger partial charge in [-0.1, -0.05) is 26.8 Å². The van der Waals surface area contributed by atoms with Gasteiger partial charge in [0.2, 0.25) is 5.91 Å². The van der Waals surface area contributed by atoms with Crippen molar-refractivity contribution in [3.05, 3.63) is 34.7 Å². The number of alkyl halides is 2. The van der Waals surface area contributed by atoms with Gasteiger partial charge >= 0.3 is 13.3 Å². The highest BCUT2D eigenvalue weighted by atomic mass is 32.1. The fraction of sp³-hybridized carbons (Fsp3) is 0.524. The molecule has 0 aliphatic carbocycles. The summed E-state index contributed by atoms with van der Waals surface area (Å²) in [7, 11) is -5.72. The lowest BCUT2D eigenvalue weighted by Crippen LogP contribution is -2.55. The largest absolute Gasteiger partial charge is 0.399 e. The molecule has 0 bridgehead atoms. The number of carbonyl (C=O) groups is 2. The van der Waals surface area contributed by atoms with Gasteiger partial charge in [-0.3, -0.25) is 14.2 Å². The first-order valence-corrected chi connectivity index (χ1v) is 12.7. The number of likely N-dealkylation sites (tertiary alicyclic amines) is 1. The predicted molar refractivity (Wildman–Crippen MR) is 120 cm³/mol. The molecule has 12 heteroatoms. The van der Waals surface area contributed by atoms with Crippen LogP contribution in [0.5, 0.6) is 0 Å². The normalized spacial score (nSPS) is 20.8. The Balaban J connectivity index is 1.88. The topological polar surface area (TPSA) is 127 Å². The molecule has 8 nitrogen and oxygen atoms in total. The second-order valence-electron chi connectivity index (χ2n) is 9.45. The van der Waals surface area contributed by atoms with E-state index in [-0.39, 0.29) is 28.8 Å². The van der Waals surface area contributed by atoms with Crippen molar-refractivity contribution < 1.29 is 37.8 Å². The monoisotopic (exact) mass is 504 g/mol. The highest BCUT2D eigenvalue weighted by molar-refractivity contribution is 7.52. The van der Waals surface area contributed by atoms with Crippen molar-refractivity contribution in [1.82, 2.24) is 10.2 Å². The van der Waals surface area contributed by atoms with E-state index in [1.807, 2.05) is 6.92 Å². The van der Waals surface area contributed by atoms with Gasteiger partial charge in [0.25, 0.3) is 5.91 Å². The third-order valence-corrected chi connectivity index (χ3v) is 7.78. The Hall–Kier alpha value is -1.91. The van der Waals surface area contributed by atoms with Gasteiger partial charge in [-0.15, -0.1) is 11.3 Å².